The molecular weight excluding hydrogens is 396 g/mol. The highest BCUT2D eigenvalue weighted by molar-refractivity contribution is 6.10. The highest BCUT2D eigenvalue weighted by atomic mass is 16.5. The van der Waals surface area contributed by atoms with Crippen molar-refractivity contribution in [2.75, 3.05) is 12.0 Å². The Balaban J connectivity index is 1.83. The summed E-state index contributed by atoms with van der Waals surface area (Å²) in [7, 11) is 1.57. The zero-order valence-electron chi connectivity index (χ0n) is 17.6. The largest absolute Gasteiger partial charge is 0.497 e. The lowest BCUT2D eigenvalue weighted by Gasteiger charge is -2.22. The van der Waals surface area contributed by atoms with Crippen molar-refractivity contribution >= 4 is 22.7 Å². The molecule has 1 aliphatic rings. The molecule has 0 radical (unpaired) electrons. The summed E-state index contributed by atoms with van der Waals surface area (Å²) in [5.74, 6) is 1.07. The van der Waals surface area contributed by atoms with Crippen molar-refractivity contribution in [1.82, 2.24) is 5.16 Å². The van der Waals surface area contributed by atoms with Crippen LogP contribution >= 0.6 is 0 Å². The van der Waals surface area contributed by atoms with Gasteiger partial charge >= 0.3 is 0 Å². The lowest BCUT2D eigenvalue weighted by Crippen LogP contribution is -2.29. The van der Waals surface area contributed by atoms with Crippen molar-refractivity contribution in [3.05, 3.63) is 86.5 Å². The van der Waals surface area contributed by atoms with Crippen LogP contribution in [0.25, 0.3) is 11.0 Å². The molecule has 0 N–H and O–H groups in total. The Hall–Kier alpha value is -3.87. The molecule has 31 heavy (non-hydrogen) atoms. The van der Waals surface area contributed by atoms with Gasteiger partial charge in [0.05, 0.1) is 24.1 Å². The molecule has 2 aromatic heterocycles. The smallest absolute Gasteiger partial charge is 0.296 e. The molecule has 4 aromatic rings. The van der Waals surface area contributed by atoms with E-state index in [-0.39, 0.29) is 16.8 Å². The number of methoxy groups -OCH3 is 1. The summed E-state index contributed by atoms with van der Waals surface area (Å²) < 4.78 is 16.6. The Kier molecular flexibility index (Phi) is 4.22. The summed E-state index contributed by atoms with van der Waals surface area (Å²) in [6.07, 6.45) is 0. The van der Waals surface area contributed by atoms with Gasteiger partial charge in [-0.15, -0.1) is 0 Å². The van der Waals surface area contributed by atoms with Gasteiger partial charge in [-0.2, -0.15) is 0 Å². The molecule has 7 heteroatoms. The highest BCUT2D eigenvalue weighted by Gasteiger charge is 2.45. The van der Waals surface area contributed by atoms with Gasteiger partial charge in [0.25, 0.3) is 5.91 Å². The first kappa shape index (κ1) is 19.1. The number of anilines is 1. The van der Waals surface area contributed by atoms with Gasteiger partial charge in [-0.05, 0) is 61.7 Å². The van der Waals surface area contributed by atoms with Crippen LogP contribution in [0.4, 0.5) is 5.82 Å². The van der Waals surface area contributed by atoms with E-state index in [1.165, 1.54) is 4.90 Å². The van der Waals surface area contributed by atoms with Crippen molar-refractivity contribution in [1.29, 1.82) is 0 Å². The van der Waals surface area contributed by atoms with Crippen LogP contribution in [0.3, 0.4) is 0 Å². The number of hydrogen-bond donors (Lipinski definition) is 0. The summed E-state index contributed by atoms with van der Waals surface area (Å²) in [4.78, 5) is 28.6. The summed E-state index contributed by atoms with van der Waals surface area (Å²) in [5.41, 5.74) is 3.11. The lowest BCUT2D eigenvalue weighted by atomic mass is 9.97. The molecule has 1 amide bonds. The second-order valence-corrected chi connectivity index (χ2v) is 7.76. The summed E-state index contributed by atoms with van der Waals surface area (Å²) in [6.45, 7) is 5.62. The second kappa shape index (κ2) is 6.84. The zero-order valence-corrected chi connectivity index (χ0v) is 17.6. The SMILES string of the molecule is COc1cccc(C2c3c(oc4cc(C)c(C)cc4c3=O)C(=O)N2c2cc(C)on2)c1. The minimum atomic E-state index is -0.718. The fourth-order valence-corrected chi connectivity index (χ4v) is 4.06. The molecule has 0 saturated carbocycles. The van der Waals surface area contributed by atoms with E-state index in [4.69, 9.17) is 13.7 Å². The maximum absolute atomic E-state index is 13.6. The molecule has 0 saturated heterocycles. The number of amides is 1. The summed E-state index contributed by atoms with van der Waals surface area (Å²) >= 11 is 0. The van der Waals surface area contributed by atoms with E-state index in [0.29, 0.717) is 33.9 Å². The number of benzene rings is 2. The molecular formula is C24H20N2O5. The number of aromatic nitrogens is 1. The predicted molar refractivity (Wildman–Crippen MR) is 115 cm³/mol. The monoisotopic (exact) mass is 416 g/mol. The van der Waals surface area contributed by atoms with Crippen LogP contribution in [-0.2, 0) is 0 Å². The molecule has 156 valence electrons. The Morgan fingerprint density at radius 2 is 1.81 bits per heavy atom. The van der Waals surface area contributed by atoms with Gasteiger partial charge in [0, 0.05) is 6.07 Å². The first-order valence-electron chi connectivity index (χ1n) is 9.88. The molecule has 7 nitrogen and oxygen atoms in total. The van der Waals surface area contributed by atoms with Crippen molar-refractivity contribution in [3.8, 4) is 5.75 Å². The molecule has 1 atom stereocenters. The average molecular weight is 416 g/mol. The van der Waals surface area contributed by atoms with Crippen LogP contribution in [0.2, 0.25) is 0 Å². The predicted octanol–water partition coefficient (Wildman–Crippen LogP) is 4.46. The number of fused-ring (bicyclic) bond motifs is 2. The van der Waals surface area contributed by atoms with E-state index in [1.807, 2.05) is 32.0 Å². The first-order valence-corrected chi connectivity index (χ1v) is 9.88. The third-order valence-corrected chi connectivity index (χ3v) is 5.76. The Labute approximate surface area is 177 Å². The average Bonchev–Trinajstić information content (AvgIpc) is 3.31. The topological polar surface area (TPSA) is 85.8 Å². The van der Waals surface area contributed by atoms with Gasteiger partial charge in [0.2, 0.25) is 5.76 Å². The maximum atomic E-state index is 13.6. The van der Waals surface area contributed by atoms with Crippen LogP contribution in [0.15, 0.2) is 56.2 Å². The fraction of sp³-hybridized carbons (Fsp3) is 0.208. The number of hydrogen-bond acceptors (Lipinski definition) is 6. The summed E-state index contributed by atoms with van der Waals surface area (Å²) in [6, 6.07) is 11.8. The van der Waals surface area contributed by atoms with Crippen molar-refractivity contribution in [2.24, 2.45) is 0 Å². The quantitative estimate of drug-likeness (QED) is 0.490. The Morgan fingerprint density at radius 1 is 1.03 bits per heavy atom. The highest BCUT2D eigenvalue weighted by Crippen LogP contribution is 2.41. The molecule has 0 bridgehead atoms. The van der Waals surface area contributed by atoms with Crippen LogP contribution in [0, 0.1) is 20.8 Å². The van der Waals surface area contributed by atoms with Crippen LogP contribution < -0.4 is 15.1 Å². The minimum absolute atomic E-state index is 0.0224. The first-order chi connectivity index (χ1) is 14.9. The molecule has 5 rings (SSSR count). The molecule has 0 spiro atoms. The van der Waals surface area contributed by atoms with Crippen LogP contribution in [0.1, 0.15) is 44.6 Å². The minimum Gasteiger partial charge on any atom is -0.497 e. The number of ether oxygens (including phenoxy) is 1. The molecule has 1 unspecified atom stereocenters. The number of carbonyl (C=O) groups excluding carboxylic acids is 1. The van der Waals surface area contributed by atoms with Gasteiger partial charge in [0.15, 0.2) is 11.2 Å². The van der Waals surface area contributed by atoms with Gasteiger partial charge in [-0.25, -0.2) is 0 Å². The van der Waals surface area contributed by atoms with E-state index in [0.717, 1.165) is 11.1 Å². The van der Waals surface area contributed by atoms with Crippen molar-refractivity contribution < 1.29 is 18.5 Å². The lowest BCUT2D eigenvalue weighted by molar-refractivity contribution is 0.0969. The van der Waals surface area contributed by atoms with Gasteiger partial charge < -0.3 is 13.7 Å². The molecule has 0 aliphatic carbocycles. The molecule has 0 fully saturated rings. The van der Waals surface area contributed by atoms with E-state index in [1.54, 1.807) is 38.3 Å². The number of aryl methyl sites for hydroxylation is 3. The standard InChI is InChI=1S/C24H20N2O5/c1-12-8-17-18(9-13(12)2)30-23-20(22(17)27)21(15-6-5-7-16(11-15)29-4)26(24(23)28)19-10-14(3)31-25-19/h5-11,21H,1-4H3. The van der Waals surface area contributed by atoms with Crippen molar-refractivity contribution in [2.45, 2.75) is 26.8 Å². The number of carbonyl (C=O) groups is 1. The van der Waals surface area contributed by atoms with E-state index in [2.05, 4.69) is 5.16 Å². The molecule has 3 heterocycles. The van der Waals surface area contributed by atoms with Gasteiger partial charge in [0.1, 0.15) is 17.1 Å². The second-order valence-electron chi connectivity index (χ2n) is 7.76. The summed E-state index contributed by atoms with van der Waals surface area (Å²) in [5, 5.41) is 4.48. The maximum Gasteiger partial charge on any atom is 0.296 e. The normalized spacial score (nSPS) is 15.5. The van der Waals surface area contributed by atoms with E-state index in [9.17, 15) is 9.59 Å². The fourth-order valence-electron chi connectivity index (χ4n) is 4.06. The third kappa shape index (κ3) is 2.84. The number of nitrogens with zero attached hydrogens (tertiary/aromatic N) is 2. The van der Waals surface area contributed by atoms with Crippen molar-refractivity contribution in [3.63, 3.8) is 0 Å². The Bertz CT molecular complexity index is 1420. The molecule has 1 aliphatic heterocycles. The van der Waals surface area contributed by atoms with E-state index >= 15 is 0 Å². The number of rotatable bonds is 3. The van der Waals surface area contributed by atoms with Crippen LogP contribution in [0.5, 0.6) is 5.75 Å². The van der Waals surface area contributed by atoms with Gasteiger partial charge in [-0.3, -0.25) is 14.5 Å². The molecule has 2 aromatic carbocycles. The van der Waals surface area contributed by atoms with E-state index < -0.39 is 11.9 Å². The van der Waals surface area contributed by atoms with Crippen LogP contribution in [-0.4, -0.2) is 18.2 Å². The zero-order chi connectivity index (χ0) is 21.9. The van der Waals surface area contributed by atoms with Gasteiger partial charge in [-0.1, -0.05) is 17.3 Å². The third-order valence-electron chi connectivity index (χ3n) is 5.76. The Morgan fingerprint density at radius 3 is 2.52 bits per heavy atom.